The van der Waals surface area contributed by atoms with Gasteiger partial charge in [0, 0.05) is 28.2 Å². The van der Waals surface area contributed by atoms with Gasteiger partial charge in [-0.2, -0.15) is 0 Å². The van der Waals surface area contributed by atoms with Crippen molar-refractivity contribution in [3.8, 4) is 0 Å². The molecule has 2 bridgehead atoms. The molecule has 2 aliphatic rings. The van der Waals surface area contributed by atoms with Crippen LogP contribution in [0.25, 0.3) is 0 Å². The molecule has 2 aromatic rings. The number of hydrogen-bond acceptors (Lipinski definition) is 6. The predicted octanol–water partition coefficient (Wildman–Crippen LogP) is 4.74. The fourth-order valence-electron chi connectivity index (χ4n) is 3.14. The summed E-state index contributed by atoms with van der Waals surface area (Å²) >= 11 is 3.59. The van der Waals surface area contributed by atoms with Crippen molar-refractivity contribution in [2.24, 2.45) is 0 Å². The summed E-state index contributed by atoms with van der Waals surface area (Å²) in [5, 5.41) is 0. The molecule has 2 heterocycles. The summed E-state index contributed by atoms with van der Waals surface area (Å²) in [6, 6.07) is 15.9. The van der Waals surface area contributed by atoms with E-state index in [4.69, 9.17) is 14.2 Å². The summed E-state index contributed by atoms with van der Waals surface area (Å²) < 4.78 is 18.1. The smallest absolute Gasteiger partial charge is 0.187 e. The van der Waals surface area contributed by atoms with Gasteiger partial charge in [-0.05, 0) is 5.56 Å². The molecule has 136 valence electrons. The highest BCUT2D eigenvalue weighted by atomic mass is 32.2. The minimum atomic E-state index is -0.371. The lowest BCUT2D eigenvalue weighted by Crippen LogP contribution is -2.11. The molecule has 2 aromatic carbocycles. The Morgan fingerprint density at radius 1 is 0.808 bits per heavy atom. The molecule has 0 aliphatic carbocycles. The van der Waals surface area contributed by atoms with E-state index in [9.17, 15) is 4.79 Å². The number of rotatable bonds is 2. The van der Waals surface area contributed by atoms with E-state index in [1.807, 2.05) is 48.5 Å². The van der Waals surface area contributed by atoms with Crippen molar-refractivity contribution in [3.05, 3.63) is 70.8 Å². The maximum absolute atomic E-state index is 11.4. The Kier molecular flexibility index (Phi) is 5.97. The molecule has 0 N–H and O–H groups in total. The molecule has 0 aromatic heterocycles. The van der Waals surface area contributed by atoms with Gasteiger partial charge in [-0.15, -0.1) is 23.5 Å². The lowest BCUT2D eigenvalue weighted by Gasteiger charge is -2.21. The Morgan fingerprint density at radius 3 is 1.92 bits per heavy atom. The molecule has 1 unspecified atom stereocenters. The van der Waals surface area contributed by atoms with Crippen molar-refractivity contribution in [1.82, 2.24) is 0 Å². The van der Waals surface area contributed by atoms with Crippen LogP contribution in [0, 0.1) is 0 Å². The van der Waals surface area contributed by atoms with E-state index in [-0.39, 0.29) is 17.2 Å². The zero-order chi connectivity index (χ0) is 17.8. The van der Waals surface area contributed by atoms with Gasteiger partial charge in [0.15, 0.2) is 12.6 Å². The normalized spacial score (nSPS) is 26.4. The van der Waals surface area contributed by atoms with Crippen LogP contribution in [0.4, 0.5) is 0 Å². The van der Waals surface area contributed by atoms with Crippen molar-refractivity contribution < 1.29 is 19.0 Å². The minimum absolute atomic E-state index is 0.184. The molecule has 3 atom stereocenters. The van der Waals surface area contributed by atoms with Crippen LogP contribution in [0.5, 0.6) is 0 Å². The minimum Gasteiger partial charge on any atom is -0.347 e. The monoisotopic (exact) mass is 388 g/mol. The Bertz CT molecular complexity index is 730. The van der Waals surface area contributed by atoms with Crippen molar-refractivity contribution in [1.29, 1.82) is 0 Å². The third kappa shape index (κ3) is 3.85. The number of benzene rings is 2. The molecule has 0 saturated carbocycles. The Labute approximate surface area is 161 Å². The summed E-state index contributed by atoms with van der Waals surface area (Å²) in [5.41, 5.74) is 3.92. The molecule has 26 heavy (non-hydrogen) atoms. The van der Waals surface area contributed by atoms with E-state index in [2.05, 4.69) is 0 Å². The number of aldehydes is 1. The Balaban J connectivity index is 1.50. The third-order valence-electron chi connectivity index (χ3n) is 4.37. The molecule has 6 heteroatoms. The number of thioether (sulfide) groups is 2. The predicted molar refractivity (Wildman–Crippen MR) is 104 cm³/mol. The molecule has 0 spiro atoms. The van der Waals surface area contributed by atoms with Crippen molar-refractivity contribution in [2.75, 3.05) is 24.7 Å². The van der Waals surface area contributed by atoms with Crippen LogP contribution in [-0.2, 0) is 14.2 Å². The zero-order valence-electron chi connectivity index (χ0n) is 14.2. The van der Waals surface area contributed by atoms with Gasteiger partial charge in [-0.3, -0.25) is 4.79 Å². The SMILES string of the molecule is O=Cc1ccccc1C1SCCO[C@@H]2O[C@H](OCCS1)c1ccccc12. The molecule has 1 fully saturated rings. The number of carbonyl (C=O) groups excluding carboxylic acids is 1. The quantitative estimate of drug-likeness (QED) is 0.693. The van der Waals surface area contributed by atoms with Crippen LogP contribution in [0.15, 0.2) is 48.5 Å². The Hall–Kier alpha value is -1.31. The average molecular weight is 389 g/mol. The second-order valence-corrected chi connectivity index (χ2v) is 8.72. The van der Waals surface area contributed by atoms with Gasteiger partial charge < -0.3 is 14.2 Å². The maximum atomic E-state index is 11.4. The second kappa shape index (κ2) is 8.59. The highest BCUT2D eigenvalue weighted by Gasteiger charge is 2.33. The summed E-state index contributed by atoms with van der Waals surface area (Å²) in [6.07, 6.45) is 0.193. The van der Waals surface area contributed by atoms with Gasteiger partial charge in [0.25, 0.3) is 0 Å². The molecular formula is C20H20O4S2. The molecule has 4 rings (SSSR count). The fraction of sp³-hybridized carbons (Fsp3) is 0.350. The highest BCUT2D eigenvalue weighted by molar-refractivity contribution is 8.16. The van der Waals surface area contributed by atoms with Gasteiger partial charge in [-0.1, -0.05) is 48.5 Å². The van der Waals surface area contributed by atoms with Gasteiger partial charge in [0.05, 0.1) is 17.8 Å². The summed E-state index contributed by atoms with van der Waals surface area (Å²) in [7, 11) is 0. The lowest BCUT2D eigenvalue weighted by molar-refractivity contribution is -0.231. The van der Waals surface area contributed by atoms with E-state index < -0.39 is 0 Å². The van der Waals surface area contributed by atoms with Gasteiger partial charge >= 0.3 is 0 Å². The number of fused-ring (bicyclic) bond motifs is 5. The van der Waals surface area contributed by atoms with Gasteiger partial charge in [0.1, 0.15) is 6.29 Å². The van der Waals surface area contributed by atoms with E-state index in [0.717, 1.165) is 40.0 Å². The Morgan fingerprint density at radius 2 is 1.35 bits per heavy atom. The van der Waals surface area contributed by atoms with Crippen LogP contribution >= 0.6 is 23.5 Å². The number of ether oxygens (including phenoxy) is 3. The van der Waals surface area contributed by atoms with E-state index in [1.54, 1.807) is 23.5 Å². The maximum Gasteiger partial charge on any atom is 0.187 e. The van der Waals surface area contributed by atoms with Crippen molar-refractivity contribution >= 4 is 29.8 Å². The number of hydrogen-bond donors (Lipinski definition) is 0. The van der Waals surface area contributed by atoms with Crippen LogP contribution in [-0.4, -0.2) is 31.0 Å². The van der Waals surface area contributed by atoms with Crippen LogP contribution in [0.3, 0.4) is 0 Å². The van der Waals surface area contributed by atoms with Crippen LogP contribution < -0.4 is 0 Å². The van der Waals surface area contributed by atoms with Crippen LogP contribution in [0.2, 0.25) is 0 Å². The summed E-state index contributed by atoms with van der Waals surface area (Å²) in [5.74, 6) is 1.66. The fourth-order valence-corrected chi connectivity index (χ4v) is 5.70. The first-order valence-electron chi connectivity index (χ1n) is 8.61. The van der Waals surface area contributed by atoms with Crippen LogP contribution in [0.1, 0.15) is 44.2 Å². The number of carbonyl (C=O) groups is 1. The molecule has 2 aliphatic heterocycles. The van der Waals surface area contributed by atoms with E-state index in [0.29, 0.717) is 13.2 Å². The van der Waals surface area contributed by atoms with Gasteiger partial charge in [-0.25, -0.2) is 0 Å². The molecule has 0 amide bonds. The molecule has 0 radical (unpaired) electrons. The van der Waals surface area contributed by atoms with E-state index in [1.165, 1.54) is 0 Å². The zero-order valence-corrected chi connectivity index (χ0v) is 15.8. The topological polar surface area (TPSA) is 44.8 Å². The lowest BCUT2D eigenvalue weighted by atomic mass is 10.1. The standard InChI is InChI=1S/C20H20O4S2/c21-13-14-5-1-2-6-15(14)20-25-11-9-22-18-16-7-3-4-8-17(16)19(24-18)23-10-12-26-20/h1-8,13,18-20H,9-12H2/t18-,19+,20?. The second-order valence-electron chi connectivity index (χ2n) is 5.99. The molecule has 4 nitrogen and oxygen atoms in total. The van der Waals surface area contributed by atoms with Crippen molar-refractivity contribution in [2.45, 2.75) is 17.2 Å². The molecule has 1 saturated heterocycles. The summed E-state index contributed by atoms with van der Waals surface area (Å²) in [6.45, 7) is 1.16. The average Bonchev–Trinajstić information content (AvgIpc) is 3.04. The summed E-state index contributed by atoms with van der Waals surface area (Å²) in [4.78, 5) is 11.4. The van der Waals surface area contributed by atoms with Crippen molar-refractivity contribution in [3.63, 3.8) is 0 Å². The third-order valence-corrected chi connectivity index (χ3v) is 7.11. The highest BCUT2D eigenvalue weighted by Crippen LogP contribution is 2.43. The largest absolute Gasteiger partial charge is 0.347 e. The molecular weight excluding hydrogens is 368 g/mol. The first kappa shape index (κ1) is 18.1. The van der Waals surface area contributed by atoms with E-state index >= 15 is 0 Å². The van der Waals surface area contributed by atoms with Gasteiger partial charge in [0.2, 0.25) is 0 Å². The first-order chi connectivity index (χ1) is 12.9. The first-order valence-corrected chi connectivity index (χ1v) is 10.7.